The van der Waals surface area contributed by atoms with E-state index in [1.807, 2.05) is 20.8 Å². The van der Waals surface area contributed by atoms with Gasteiger partial charge in [-0.05, 0) is 40.2 Å². The van der Waals surface area contributed by atoms with Gasteiger partial charge in [0.2, 0.25) is 0 Å². The fraction of sp³-hybridized carbons (Fsp3) is 1.00. The minimum Gasteiger partial charge on any atom is -0.355 e. The first-order valence-electron chi connectivity index (χ1n) is 8.13. The van der Waals surface area contributed by atoms with Crippen LogP contribution in [0.25, 0.3) is 0 Å². The lowest BCUT2D eigenvalue weighted by atomic mass is 10.3. The monoisotopic (exact) mass is 353 g/mol. The van der Waals surface area contributed by atoms with Crippen molar-refractivity contribution in [1.29, 1.82) is 0 Å². The van der Waals surface area contributed by atoms with Crippen LogP contribution in [0, 0.1) is 0 Å². The fourth-order valence-electron chi connectivity index (χ4n) is 2.28. The third-order valence-corrected chi connectivity index (χ3v) is 8.76. The van der Waals surface area contributed by atoms with E-state index in [0.29, 0.717) is 32.8 Å². The van der Waals surface area contributed by atoms with Crippen molar-refractivity contribution in [3.8, 4) is 0 Å². The van der Waals surface area contributed by atoms with Crippen molar-refractivity contribution in [2.75, 3.05) is 33.5 Å². The van der Waals surface area contributed by atoms with Gasteiger partial charge in [-0.2, -0.15) is 0 Å². The normalized spacial score (nSPS) is 15.8. The first kappa shape index (κ1) is 22.2. The summed E-state index contributed by atoms with van der Waals surface area (Å²) in [7, 11) is -3.55. The Balaban J connectivity index is 5.61. The average molecular weight is 354 g/mol. The number of rotatable bonds is 13. The van der Waals surface area contributed by atoms with Crippen LogP contribution in [0.2, 0.25) is 19.6 Å². The van der Waals surface area contributed by atoms with Crippen molar-refractivity contribution < 1.29 is 22.4 Å². The van der Waals surface area contributed by atoms with Crippen LogP contribution in [0.1, 0.15) is 33.6 Å². The van der Waals surface area contributed by atoms with Gasteiger partial charge in [-0.1, -0.05) is 19.6 Å². The first-order valence-corrected chi connectivity index (χ1v) is 13.3. The molecule has 0 heterocycles. The highest BCUT2D eigenvalue weighted by atomic mass is 28.4. The smallest absolute Gasteiger partial charge is 0.355 e. The molecule has 22 heavy (non-hydrogen) atoms. The molecule has 1 atom stereocenters. The third kappa shape index (κ3) is 6.01. The second kappa shape index (κ2) is 10.1. The topological polar surface area (TPSA) is 72.2 Å². The van der Waals surface area contributed by atoms with Gasteiger partial charge in [0, 0.05) is 26.9 Å². The van der Waals surface area contributed by atoms with Crippen LogP contribution in [-0.4, -0.2) is 56.0 Å². The first-order chi connectivity index (χ1) is 10.3. The molecule has 0 aromatic carbocycles. The maximum Gasteiger partial charge on any atom is 0.681 e. The second-order valence-electron chi connectivity index (χ2n) is 6.00. The molecular formula is C14H35NO5Si2. The molecule has 0 aromatic rings. The van der Waals surface area contributed by atoms with Crippen LogP contribution in [0.4, 0.5) is 0 Å². The number of hydrogen-bond acceptors (Lipinski definition) is 6. The quantitative estimate of drug-likeness (QED) is 0.405. The predicted octanol–water partition coefficient (Wildman–Crippen LogP) is 2.51. The number of nitrogens with two attached hydrogens (primary N) is 1. The molecule has 1 unspecified atom stereocenters. The Bertz CT molecular complexity index is 295. The molecule has 6 nitrogen and oxygen atoms in total. The van der Waals surface area contributed by atoms with E-state index < -0.39 is 22.5 Å². The summed E-state index contributed by atoms with van der Waals surface area (Å²) in [6.07, 6.45) is 1.53. The Morgan fingerprint density at radius 3 is 1.82 bits per heavy atom. The largest absolute Gasteiger partial charge is 0.681 e. The zero-order valence-corrected chi connectivity index (χ0v) is 17.4. The average Bonchev–Trinajstić information content (AvgIpc) is 2.44. The molecule has 0 saturated heterocycles. The van der Waals surface area contributed by atoms with Crippen molar-refractivity contribution in [3.63, 3.8) is 0 Å². The Hall–Kier alpha value is 0.194. The highest BCUT2D eigenvalue weighted by Crippen LogP contribution is 2.35. The van der Waals surface area contributed by atoms with E-state index in [1.165, 1.54) is 0 Å². The minimum absolute atomic E-state index is 0.463. The lowest BCUT2D eigenvalue weighted by Crippen LogP contribution is -2.64. The molecule has 2 N–H and O–H groups in total. The summed E-state index contributed by atoms with van der Waals surface area (Å²) in [5.74, 6) is 0. The highest BCUT2D eigenvalue weighted by Gasteiger charge is 2.56. The van der Waals surface area contributed by atoms with Gasteiger partial charge in [-0.25, -0.2) is 0 Å². The molecule has 0 aromatic heterocycles. The molecule has 0 rings (SSSR count). The molecule has 8 heteroatoms. The Morgan fingerprint density at radius 2 is 1.50 bits per heavy atom. The lowest BCUT2D eigenvalue weighted by molar-refractivity contribution is -0.183. The Kier molecular flexibility index (Phi) is 10.2. The summed E-state index contributed by atoms with van der Waals surface area (Å²) in [6.45, 7) is 14.5. The summed E-state index contributed by atoms with van der Waals surface area (Å²) in [4.78, 5) is 0. The molecule has 0 aliphatic rings. The second-order valence-corrected chi connectivity index (χ2v) is 13.5. The van der Waals surface area contributed by atoms with Crippen LogP contribution in [-0.2, 0) is 22.4 Å². The van der Waals surface area contributed by atoms with Crippen LogP contribution >= 0.6 is 0 Å². The molecule has 0 spiro atoms. The molecule has 0 bridgehead atoms. The zero-order valence-electron chi connectivity index (χ0n) is 15.4. The van der Waals surface area contributed by atoms with E-state index in [1.54, 1.807) is 7.11 Å². The number of ether oxygens (including phenoxy) is 1. The van der Waals surface area contributed by atoms with Crippen molar-refractivity contribution in [3.05, 3.63) is 0 Å². The maximum absolute atomic E-state index is 6.42. The van der Waals surface area contributed by atoms with E-state index in [-0.39, 0.29) is 0 Å². The van der Waals surface area contributed by atoms with Gasteiger partial charge in [0.05, 0.1) is 0 Å². The molecule has 0 aliphatic carbocycles. The summed E-state index contributed by atoms with van der Waals surface area (Å²) in [5, 5.41) is 0. The molecule has 0 radical (unpaired) electrons. The van der Waals surface area contributed by atoms with Gasteiger partial charge in [-0.3, -0.25) is 0 Å². The Labute approximate surface area is 138 Å². The highest BCUT2D eigenvalue weighted by molar-refractivity contribution is 6.79. The van der Waals surface area contributed by atoms with Crippen molar-refractivity contribution in [1.82, 2.24) is 0 Å². The number of hydrogen-bond donors (Lipinski definition) is 1. The summed E-state index contributed by atoms with van der Waals surface area (Å²) in [5.41, 5.74) is 4.98. The van der Waals surface area contributed by atoms with E-state index in [0.717, 1.165) is 6.42 Å². The van der Waals surface area contributed by atoms with Gasteiger partial charge in [0.15, 0.2) is 0 Å². The lowest BCUT2D eigenvalue weighted by Gasteiger charge is -2.46. The summed E-state index contributed by atoms with van der Waals surface area (Å²) < 4.78 is 29.7. The van der Waals surface area contributed by atoms with Gasteiger partial charge in [-0.15, -0.1) is 0 Å². The van der Waals surface area contributed by atoms with E-state index >= 15 is 0 Å². The predicted molar refractivity (Wildman–Crippen MR) is 93.1 cm³/mol. The van der Waals surface area contributed by atoms with Crippen LogP contribution < -0.4 is 5.73 Å². The molecular weight excluding hydrogens is 318 g/mol. The molecule has 0 fully saturated rings. The van der Waals surface area contributed by atoms with Gasteiger partial charge < -0.3 is 28.2 Å². The SMILES string of the molecule is CCOC(CCCN)(O[Si](OC)(OCC)OCC)[Si](C)(C)C. The van der Waals surface area contributed by atoms with Gasteiger partial charge in [0.1, 0.15) is 13.5 Å². The summed E-state index contributed by atoms with van der Waals surface area (Å²) >= 11 is 0. The van der Waals surface area contributed by atoms with Crippen molar-refractivity contribution >= 4 is 17.1 Å². The molecule has 0 saturated carbocycles. The van der Waals surface area contributed by atoms with Gasteiger partial charge >= 0.3 is 9.05 Å². The maximum atomic E-state index is 6.42. The van der Waals surface area contributed by atoms with Crippen molar-refractivity contribution in [2.45, 2.75) is 58.7 Å². The van der Waals surface area contributed by atoms with Crippen molar-refractivity contribution in [2.24, 2.45) is 5.73 Å². The van der Waals surface area contributed by atoms with Crippen LogP contribution in [0.15, 0.2) is 0 Å². The Morgan fingerprint density at radius 1 is 0.955 bits per heavy atom. The van der Waals surface area contributed by atoms with E-state index in [4.69, 9.17) is 28.2 Å². The van der Waals surface area contributed by atoms with E-state index in [2.05, 4.69) is 19.6 Å². The fourth-order valence-corrected chi connectivity index (χ4v) is 7.18. The summed E-state index contributed by atoms with van der Waals surface area (Å²) in [6, 6.07) is 0. The molecule has 0 amide bonds. The van der Waals surface area contributed by atoms with E-state index in [9.17, 15) is 0 Å². The van der Waals surface area contributed by atoms with Crippen LogP contribution in [0.3, 0.4) is 0 Å². The molecule has 0 aliphatic heterocycles. The van der Waals surface area contributed by atoms with Crippen LogP contribution in [0.5, 0.6) is 0 Å². The molecule has 134 valence electrons. The third-order valence-electron chi connectivity index (χ3n) is 3.41. The standard InChI is InChI=1S/C14H35NO5Si2/c1-8-17-14(12-11-13-15,21(5,6)7)20-22(16-4,18-9-2)19-10-3/h8-13,15H2,1-7H3. The van der Waals surface area contributed by atoms with Gasteiger partial charge in [0.25, 0.3) is 0 Å². The minimum atomic E-state index is -3.23. The zero-order chi connectivity index (χ0) is 17.3.